The number of halogens is 1. The number of hydrogen-bond acceptors (Lipinski definition) is 2. The summed E-state index contributed by atoms with van der Waals surface area (Å²) in [6, 6.07) is 8.03. The van der Waals surface area contributed by atoms with Crippen molar-refractivity contribution in [3.05, 3.63) is 35.6 Å². The van der Waals surface area contributed by atoms with Crippen LogP contribution in [0.15, 0.2) is 24.3 Å². The van der Waals surface area contributed by atoms with E-state index in [-0.39, 0.29) is 11.9 Å². The van der Waals surface area contributed by atoms with Crippen molar-refractivity contribution in [2.45, 2.75) is 38.3 Å². The number of rotatable bonds is 5. The first-order valence-corrected chi connectivity index (χ1v) is 7.45. The van der Waals surface area contributed by atoms with Crippen molar-refractivity contribution < 1.29 is 4.39 Å². The fraction of sp³-hybridized carbons (Fsp3) is 0.625. The number of nitrogens with zero attached hydrogens (tertiary/aromatic N) is 1. The molecular weight excluding hydrogens is 239 g/mol. The van der Waals surface area contributed by atoms with Crippen molar-refractivity contribution >= 4 is 0 Å². The molecule has 0 amide bonds. The Bertz CT molecular complexity index is 431. The smallest absolute Gasteiger partial charge is 0.123 e. The molecule has 2 fully saturated rings. The molecule has 19 heavy (non-hydrogen) atoms. The fourth-order valence-corrected chi connectivity index (χ4v) is 3.04. The molecule has 1 aliphatic heterocycles. The maximum atomic E-state index is 13.2. The standard InChI is InChI=1S/C16H23FN2/c1-12(14-3-2-4-15(17)9-14)18-10-13-7-8-19(11-13)16-5-6-16/h2-4,9,12-13,16,18H,5-8,10-11H2,1H3. The maximum Gasteiger partial charge on any atom is 0.123 e. The second-order valence-corrected chi connectivity index (χ2v) is 6.07. The first-order chi connectivity index (χ1) is 9.22. The van der Waals surface area contributed by atoms with Gasteiger partial charge in [0.15, 0.2) is 0 Å². The van der Waals surface area contributed by atoms with Crippen LogP contribution in [-0.2, 0) is 0 Å². The Morgan fingerprint density at radius 3 is 2.95 bits per heavy atom. The fourth-order valence-electron chi connectivity index (χ4n) is 3.04. The summed E-state index contributed by atoms with van der Waals surface area (Å²) in [5, 5.41) is 3.55. The van der Waals surface area contributed by atoms with Gasteiger partial charge in [-0.2, -0.15) is 0 Å². The van der Waals surface area contributed by atoms with E-state index in [0.29, 0.717) is 0 Å². The van der Waals surface area contributed by atoms with Crippen LogP contribution in [0.25, 0.3) is 0 Å². The number of benzene rings is 1. The maximum absolute atomic E-state index is 13.2. The molecular formula is C16H23FN2. The van der Waals surface area contributed by atoms with E-state index in [4.69, 9.17) is 0 Å². The van der Waals surface area contributed by atoms with Gasteiger partial charge in [-0.25, -0.2) is 4.39 Å². The summed E-state index contributed by atoms with van der Waals surface area (Å²) in [6.45, 7) is 5.67. The highest BCUT2D eigenvalue weighted by Gasteiger charge is 2.34. The summed E-state index contributed by atoms with van der Waals surface area (Å²) in [4.78, 5) is 2.64. The van der Waals surface area contributed by atoms with E-state index >= 15 is 0 Å². The Morgan fingerprint density at radius 1 is 1.37 bits per heavy atom. The molecule has 1 N–H and O–H groups in total. The largest absolute Gasteiger partial charge is 0.310 e. The Hall–Kier alpha value is -0.930. The van der Waals surface area contributed by atoms with Gasteiger partial charge >= 0.3 is 0 Å². The van der Waals surface area contributed by atoms with E-state index in [0.717, 1.165) is 24.1 Å². The molecule has 0 radical (unpaired) electrons. The van der Waals surface area contributed by atoms with Crippen LogP contribution >= 0.6 is 0 Å². The molecule has 2 unspecified atom stereocenters. The molecule has 1 aliphatic carbocycles. The van der Waals surface area contributed by atoms with Crippen molar-refractivity contribution in [1.29, 1.82) is 0 Å². The van der Waals surface area contributed by atoms with Crippen LogP contribution in [-0.4, -0.2) is 30.6 Å². The van der Waals surface area contributed by atoms with Gasteiger partial charge in [0.05, 0.1) is 0 Å². The number of nitrogens with one attached hydrogen (secondary N) is 1. The average molecular weight is 262 g/mol. The Morgan fingerprint density at radius 2 is 2.21 bits per heavy atom. The first-order valence-electron chi connectivity index (χ1n) is 7.45. The van der Waals surface area contributed by atoms with Gasteiger partial charge in [-0.15, -0.1) is 0 Å². The number of hydrogen-bond donors (Lipinski definition) is 1. The molecule has 1 aromatic carbocycles. The van der Waals surface area contributed by atoms with Crippen molar-refractivity contribution in [2.24, 2.45) is 5.92 Å². The van der Waals surface area contributed by atoms with Crippen LogP contribution in [0.1, 0.15) is 37.8 Å². The molecule has 0 spiro atoms. The molecule has 0 bridgehead atoms. The third-order valence-corrected chi connectivity index (χ3v) is 4.44. The summed E-state index contributed by atoms with van der Waals surface area (Å²) in [7, 11) is 0. The highest BCUT2D eigenvalue weighted by molar-refractivity contribution is 5.19. The lowest BCUT2D eigenvalue weighted by atomic mass is 10.1. The molecule has 1 saturated carbocycles. The van der Waals surface area contributed by atoms with E-state index in [2.05, 4.69) is 17.1 Å². The molecule has 3 rings (SSSR count). The van der Waals surface area contributed by atoms with Gasteiger partial charge in [0, 0.05) is 18.6 Å². The minimum absolute atomic E-state index is 0.146. The van der Waals surface area contributed by atoms with Crippen molar-refractivity contribution in [2.75, 3.05) is 19.6 Å². The molecule has 1 aromatic rings. The van der Waals surface area contributed by atoms with Gasteiger partial charge in [0.25, 0.3) is 0 Å². The number of likely N-dealkylation sites (tertiary alicyclic amines) is 1. The minimum atomic E-state index is -0.146. The third kappa shape index (κ3) is 3.34. The first kappa shape index (κ1) is 13.1. The molecule has 104 valence electrons. The topological polar surface area (TPSA) is 15.3 Å². The molecule has 3 heteroatoms. The van der Waals surface area contributed by atoms with Gasteiger partial charge in [0.1, 0.15) is 5.82 Å². The Balaban J connectivity index is 1.46. The summed E-state index contributed by atoms with van der Waals surface area (Å²) < 4.78 is 13.2. The quantitative estimate of drug-likeness (QED) is 0.877. The van der Waals surface area contributed by atoms with Gasteiger partial charge in [0.2, 0.25) is 0 Å². The zero-order valence-electron chi connectivity index (χ0n) is 11.6. The van der Waals surface area contributed by atoms with Crippen LogP contribution in [0, 0.1) is 11.7 Å². The van der Waals surface area contributed by atoms with E-state index in [1.807, 2.05) is 6.07 Å². The molecule has 2 atom stereocenters. The Kier molecular flexibility index (Phi) is 3.85. The molecule has 1 saturated heterocycles. The summed E-state index contributed by atoms with van der Waals surface area (Å²) in [6.07, 6.45) is 4.11. The lowest BCUT2D eigenvalue weighted by molar-refractivity contribution is 0.310. The van der Waals surface area contributed by atoms with E-state index in [9.17, 15) is 4.39 Å². The van der Waals surface area contributed by atoms with Crippen LogP contribution in [0.3, 0.4) is 0 Å². The second-order valence-electron chi connectivity index (χ2n) is 6.07. The van der Waals surface area contributed by atoms with Crippen LogP contribution < -0.4 is 5.32 Å². The van der Waals surface area contributed by atoms with Crippen molar-refractivity contribution in [1.82, 2.24) is 10.2 Å². The monoisotopic (exact) mass is 262 g/mol. The van der Waals surface area contributed by atoms with E-state index in [1.165, 1.54) is 38.4 Å². The van der Waals surface area contributed by atoms with Gasteiger partial charge in [-0.1, -0.05) is 12.1 Å². The summed E-state index contributed by atoms with van der Waals surface area (Å²) in [5.74, 6) is 0.614. The van der Waals surface area contributed by atoms with E-state index in [1.54, 1.807) is 12.1 Å². The van der Waals surface area contributed by atoms with Gasteiger partial charge in [-0.3, -0.25) is 0 Å². The summed E-state index contributed by atoms with van der Waals surface area (Å²) in [5.41, 5.74) is 1.04. The van der Waals surface area contributed by atoms with Gasteiger partial charge < -0.3 is 10.2 Å². The van der Waals surface area contributed by atoms with Crippen LogP contribution in [0.2, 0.25) is 0 Å². The summed E-state index contributed by atoms with van der Waals surface area (Å²) >= 11 is 0. The molecule has 2 nitrogen and oxygen atoms in total. The highest BCUT2D eigenvalue weighted by Crippen LogP contribution is 2.31. The lowest BCUT2D eigenvalue weighted by Gasteiger charge is -2.18. The van der Waals surface area contributed by atoms with Crippen LogP contribution in [0.5, 0.6) is 0 Å². The lowest BCUT2D eigenvalue weighted by Crippen LogP contribution is -2.29. The second kappa shape index (κ2) is 5.59. The average Bonchev–Trinajstić information content (AvgIpc) is 3.15. The predicted octanol–water partition coefficient (Wildman–Crippen LogP) is 2.96. The highest BCUT2D eigenvalue weighted by atomic mass is 19.1. The SMILES string of the molecule is CC(NCC1CCN(C2CC2)C1)c1cccc(F)c1. The normalized spacial score (nSPS) is 25.7. The van der Waals surface area contributed by atoms with Crippen molar-refractivity contribution in [3.63, 3.8) is 0 Å². The van der Waals surface area contributed by atoms with Crippen LogP contribution in [0.4, 0.5) is 4.39 Å². The molecule has 2 aliphatic rings. The van der Waals surface area contributed by atoms with Crippen molar-refractivity contribution in [3.8, 4) is 0 Å². The van der Waals surface area contributed by atoms with Gasteiger partial charge in [-0.05, 0) is 62.9 Å². The van der Waals surface area contributed by atoms with E-state index < -0.39 is 0 Å². The predicted molar refractivity (Wildman–Crippen MR) is 75.5 cm³/mol. The third-order valence-electron chi connectivity index (χ3n) is 4.44. The zero-order chi connectivity index (χ0) is 13.2. The zero-order valence-corrected chi connectivity index (χ0v) is 11.6. The minimum Gasteiger partial charge on any atom is -0.310 e. The Labute approximate surface area is 115 Å². The molecule has 0 aromatic heterocycles. The molecule has 1 heterocycles.